The summed E-state index contributed by atoms with van der Waals surface area (Å²) in [6.45, 7) is 6.26. The van der Waals surface area contributed by atoms with Gasteiger partial charge in [-0.1, -0.05) is 37.6 Å². The molecule has 0 amide bonds. The van der Waals surface area contributed by atoms with E-state index >= 15 is 0 Å². The lowest BCUT2D eigenvalue weighted by atomic mass is 9.99. The molecule has 29 heavy (non-hydrogen) atoms. The molecular weight excluding hydrogens is 426 g/mol. The Morgan fingerprint density at radius 3 is 2.21 bits per heavy atom. The molecule has 2 aromatic rings. The molecule has 0 aliphatic carbocycles. The number of benzene rings is 2. The first kappa shape index (κ1) is 22.0. The van der Waals surface area contributed by atoms with Crippen LogP contribution in [0.25, 0.3) is 0 Å². The van der Waals surface area contributed by atoms with E-state index in [1.54, 1.807) is 24.3 Å². The number of hydrogen-bond donors (Lipinski definition) is 1. The number of anilines is 1. The Kier molecular flexibility index (Phi) is 7.16. The fraction of sp³-hybridized carbons (Fsp3) is 0.381. The summed E-state index contributed by atoms with van der Waals surface area (Å²) in [5.41, 5.74) is 2.25. The minimum atomic E-state index is -3.52. The third kappa shape index (κ3) is 5.28. The summed E-state index contributed by atoms with van der Waals surface area (Å²) in [6.07, 6.45) is 1.11. The van der Waals surface area contributed by atoms with Crippen LogP contribution in [0.4, 0.5) is 5.69 Å². The minimum Gasteiger partial charge on any atom is -0.346 e. The highest BCUT2D eigenvalue weighted by Gasteiger charge is 2.29. The van der Waals surface area contributed by atoms with Crippen LogP contribution in [0.3, 0.4) is 0 Å². The number of nitrogens with one attached hydrogen (secondary N) is 1. The van der Waals surface area contributed by atoms with Crippen LogP contribution < -0.4 is 5.32 Å². The van der Waals surface area contributed by atoms with E-state index in [2.05, 4.69) is 31.3 Å². The molecule has 1 saturated heterocycles. The minimum absolute atomic E-state index is 0.262. The molecule has 0 saturated carbocycles. The third-order valence-corrected chi connectivity index (χ3v) is 7.85. The highest BCUT2D eigenvalue weighted by atomic mass is 35.5. The second-order valence-electron chi connectivity index (χ2n) is 7.21. The van der Waals surface area contributed by atoms with Crippen molar-refractivity contribution >= 4 is 44.6 Å². The summed E-state index contributed by atoms with van der Waals surface area (Å²) < 4.78 is 27.1. The van der Waals surface area contributed by atoms with E-state index in [1.165, 1.54) is 9.87 Å². The number of halogens is 1. The van der Waals surface area contributed by atoms with Crippen LogP contribution in [-0.2, 0) is 10.0 Å². The number of piperazine rings is 1. The maximum atomic E-state index is 12.8. The van der Waals surface area contributed by atoms with Gasteiger partial charge in [0.1, 0.15) is 0 Å². The summed E-state index contributed by atoms with van der Waals surface area (Å²) in [5.74, 6) is 0.534. The first-order chi connectivity index (χ1) is 13.8. The molecule has 0 radical (unpaired) electrons. The maximum absolute atomic E-state index is 12.8. The van der Waals surface area contributed by atoms with Crippen molar-refractivity contribution in [2.75, 3.05) is 31.5 Å². The smallest absolute Gasteiger partial charge is 0.243 e. The highest BCUT2D eigenvalue weighted by molar-refractivity contribution is 7.89. The van der Waals surface area contributed by atoms with Gasteiger partial charge in [0, 0.05) is 36.9 Å². The maximum Gasteiger partial charge on any atom is 0.243 e. The molecule has 5 nitrogen and oxygen atoms in total. The van der Waals surface area contributed by atoms with Crippen LogP contribution in [0.15, 0.2) is 53.4 Å². The molecule has 0 unspecified atom stereocenters. The van der Waals surface area contributed by atoms with E-state index in [1.807, 2.05) is 17.0 Å². The lowest BCUT2D eigenvalue weighted by Gasteiger charge is -2.35. The van der Waals surface area contributed by atoms with Crippen molar-refractivity contribution in [3.05, 3.63) is 59.1 Å². The largest absolute Gasteiger partial charge is 0.346 e. The number of nitrogens with zero attached hydrogens (tertiary/aromatic N) is 2. The van der Waals surface area contributed by atoms with Crippen molar-refractivity contribution in [1.82, 2.24) is 9.21 Å². The molecule has 8 heteroatoms. The lowest BCUT2D eigenvalue weighted by Crippen LogP contribution is -2.51. The Hall–Kier alpha value is -1.67. The second kappa shape index (κ2) is 9.43. The van der Waals surface area contributed by atoms with Gasteiger partial charge in [-0.15, -0.1) is 0 Å². The second-order valence-corrected chi connectivity index (χ2v) is 9.97. The van der Waals surface area contributed by atoms with Crippen molar-refractivity contribution < 1.29 is 8.42 Å². The molecule has 1 heterocycles. The molecule has 0 spiro atoms. The van der Waals surface area contributed by atoms with Crippen molar-refractivity contribution in [2.45, 2.75) is 31.1 Å². The van der Waals surface area contributed by atoms with E-state index in [-0.39, 0.29) is 4.90 Å². The average molecular weight is 452 g/mol. The van der Waals surface area contributed by atoms with E-state index in [0.717, 1.165) is 12.1 Å². The van der Waals surface area contributed by atoms with Gasteiger partial charge in [-0.3, -0.25) is 0 Å². The monoisotopic (exact) mass is 451 g/mol. The molecule has 3 rings (SSSR count). The molecule has 156 valence electrons. The Bertz CT molecular complexity index is 939. The van der Waals surface area contributed by atoms with Gasteiger partial charge in [0.15, 0.2) is 5.11 Å². The van der Waals surface area contributed by atoms with Crippen molar-refractivity contribution in [3.8, 4) is 0 Å². The predicted octanol–water partition coefficient (Wildman–Crippen LogP) is 4.56. The summed E-state index contributed by atoms with van der Waals surface area (Å²) in [6, 6.07) is 14.6. The zero-order chi connectivity index (χ0) is 21.0. The molecule has 0 aromatic heterocycles. The van der Waals surface area contributed by atoms with Crippen LogP contribution in [0, 0.1) is 0 Å². The Morgan fingerprint density at radius 1 is 1.07 bits per heavy atom. The molecule has 1 N–H and O–H groups in total. The van der Waals surface area contributed by atoms with Gasteiger partial charge in [0.25, 0.3) is 0 Å². The Labute approximate surface area is 183 Å². The highest BCUT2D eigenvalue weighted by Crippen LogP contribution is 2.22. The van der Waals surface area contributed by atoms with E-state index in [4.69, 9.17) is 23.8 Å². The molecular formula is C21H26ClN3O2S2. The topological polar surface area (TPSA) is 52.6 Å². The van der Waals surface area contributed by atoms with Gasteiger partial charge in [-0.25, -0.2) is 8.42 Å². The number of sulfonamides is 1. The standard InChI is InChI=1S/C21H26ClN3O2S2/c1-3-16(2)17-4-8-19(9-5-17)23-21(28)24-12-14-25(15-13-24)29(26,27)20-10-6-18(22)7-11-20/h4-11,16H,3,12-15H2,1-2H3,(H,23,28)/t16-/m1/s1. The zero-order valence-corrected chi connectivity index (χ0v) is 19.0. The summed E-state index contributed by atoms with van der Waals surface area (Å²) in [7, 11) is -3.52. The van der Waals surface area contributed by atoms with Crippen molar-refractivity contribution in [2.24, 2.45) is 0 Å². The fourth-order valence-electron chi connectivity index (χ4n) is 3.22. The van der Waals surface area contributed by atoms with E-state index in [9.17, 15) is 8.42 Å². The Balaban J connectivity index is 1.57. The van der Waals surface area contributed by atoms with Gasteiger partial charge >= 0.3 is 0 Å². The van der Waals surface area contributed by atoms with E-state index < -0.39 is 10.0 Å². The number of thiocarbonyl (C=S) groups is 1. The van der Waals surface area contributed by atoms with Crippen LogP contribution in [0.2, 0.25) is 5.02 Å². The first-order valence-corrected chi connectivity index (χ1v) is 12.0. The molecule has 2 aromatic carbocycles. The normalized spacial score (nSPS) is 16.4. The predicted molar refractivity (Wildman–Crippen MR) is 123 cm³/mol. The summed E-state index contributed by atoms with van der Waals surface area (Å²) in [5, 5.41) is 4.39. The van der Waals surface area contributed by atoms with Gasteiger partial charge in [-0.2, -0.15) is 4.31 Å². The molecule has 1 aliphatic rings. The third-order valence-electron chi connectivity index (χ3n) is 5.32. The molecule has 1 atom stereocenters. The zero-order valence-electron chi connectivity index (χ0n) is 16.6. The lowest BCUT2D eigenvalue weighted by molar-refractivity contribution is 0.268. The SMILES string of the molecule is CC[C@@H](C)c1ccc(NC(=S)N2CCN(S(=O)(=O)c3ccc(Cl)cc3)CC2)cc1. The van der Waals surface area contributed by atoms with E-state index in [0.29, 0.717) is 42.2 Å². The van der Waals surface area contributed by atoms with Crippen molar-refractivity contribution in [3.63, 3.8) is 0 Å². The summed E-state index contributed by atoms with van der Waals surface area (Å²) >= 11 is 11.4. The molecule has 1 aliphatic heterocycles. The van der Waals surface area contributed by atoms with Crippen LogP contribution >= 0.6 is 23.8 Å². The first-order valence-electron chi connectivity index (χ1n) is 9.73. The van der Waals surface area contributed by atoms with Gasteiger partial charge in [0.2, 0.25) is 10.0 Å². The Morgan fingerprint density at radius 2 is 1.66 bits per heavy atom. The fourth-order valence-corrected chi connectivity index (χ4v) is 5.07. The number of hydrogen-bond acceptors (Lipinski definition) is 3. The van der Waals surface area contributed by atoms with Crippen LogP contribution in [-0.4, -0.2) is 48.9 Å². The van der Waals surface area contributed by atoms with Gasteiger partial charge in [0.05, 0.1) is 4.90 Å². The van der Waals surface area contributed by atoms with Crippen molar-refractivity contribution in [1.29, 1.82) is 0 Å². The summed E-state index contributed by atoms with van der Waals surface area (Å²) in [4.78, 5) is 2.27. The number of rotatable bonds is 5. The quantitative estimate of drug-likeness (QED) is 0.675. The molecule has 0 bridgehead atoms. The van der Waals surface area contributed by atoms with Gasteiger partial charge < -0.3 is 10.2 Å². The van der Waals surface area contributed by atoms with Crippen LogP contribution in [0.1, 0.15) is 31.7 Å². The van der Waals surface area contributed by atoms with Gasteiger partial charge in [-0.05, 0) is 66.5 Å². The van der Waals surface area contributed by atoms with Crippen LogP contribution in [0.5, 0.6) is 0 Å². The molecule has 1 fully saturated rings. The average Bonchev–Trinajstić information content (AvgIpc) is 2.74.